The Morgan fingerprint density at radius 3 is 2.00 bits per heavy atom. The molecular formula is C11H22F3N3. The zero-order valence-electron chi connectivity index (χ0n) is 10.6. The third kappa shape index (κ3) is 5.06. The van der Waals surface area contributed by atoms with Gasteiger partial charge in [0.25, 0.3) is 0 Å². The largest absolute Gasteiger partial charge is 0.414 e. The van der Waals surface area contributed by atoms with Crippen LogP contribution in [0.15, 0.2) is 11.6 Å². The summed E-state index contributed by atoms with van der Waals surface area (Å²) in [5, 5.41) is 2.85. The van der Waals surface area contributed by atoms with Gasteiger partial charge >= 0.3 is 6.18 Å². The van der Waals surface area contributed by atoms with Crippen LogP contribution in [0.4, 0.5) is 13.2 Å². The minimum Gasteiger partial charge on any atom is -0.329 e. The van der Waals surface area contributed by atoms with Crippen LogP contribution < -0.4 is 16.8 Å². The van der Waals surface area contributed by atoms with Gasteiger partial charge in [0.05, 0.1) is 0 Å². The van der Waals surface area contributed by atoms with Crippen molar-refractivity contribution in [2.24, 2.45) is 11.5 Å². The first-order valence-electron chi connectivity index (χ1n) is 5.64. The third-order valence-corrected chi connectivity index (χ3v) is 2.52. The van der Waals surface area contributed by atoms with Crippen LogP contribution in [0.2, 0.25) is 0 Å². The van der Waals surface area contributed by atoms with E-state index in [0.717, 1.165) is 0 Å². The zero-order valence-corrected chi connectivity index (χ0v) is 10.6. The van der Waals surface area contributed by atoms with Crippen LogP contribution >= 0.6 is 0 Å². The van der Waals surface area contributed by atoms with E-state index in [0.29, 0.717) is 6.42 Å². The SMILES string of the molecule is CC/C=C(/C(F)(F)F)C(C)(C)NC(CN)CN. The highest BCUT2D eigenvalue weighted by molar-refractivity contribution is 5.23. The maximum Gasteiger partial charge on any atom is 0.414 e. The molecule has 0 bridgehead atoms. The van der Waals surface area contributed by atoms with Crippen molar-refractivity contribution < 1.29 is 13.2 Å². The highest BCUT2D eigenvalue weighted by Crippen LogP contribution is 2.34. The van der Waals surface area contributed by atoms with Gasteiger partial charge in [0, 0.05) is 30.2 Å². The molecule has 0 aliphatic rings. The number of rotatable bonds is 6. The van der Waals surface area contributed by atoms with Crippen LogP contribution in [-0.4, -0.2) is 30.8 Å². The van der Waals surface area contributed by atoms with Crippen LogP contribution in [-0.2, 0) is 0 Å². The fourth-order valence-electron chi connectivity index (χ4n) is 1.73. The van der Waals surface area contributed by atoms with Crippen molar-refractivity contribution >= 4 is 0 Å². The molecule has 0 rings (SSSR count). The average molecular weight is 253 g/mol. The van der Waals surface area contributed by atoms with Gasteiger partial charge in [-0.25, -0.2) is 0 Å². The summed E-state index contributed by atoms with van der Waals surface area (Å²) in [6.45, 7) is 5.06. The maximum atomic E-state index is 12.9. The van der Waals surface area contributed by atoms with Gasteiger partial charge in [-0.1, -0.05) is 13.0 Å². The molecule has 17 heavy (non-hydrogen) atoms. The van der Waals surface area contributed by atoms with Gasteiger partial charge in [0.2, 0.25) is 0 Å². The first kappa shape index (κ1) is 16.4. The van der Waals surface area contributed by atoms with Crippen molar-refractivity contribution in [2.45, 2.75) is 44.9 Å². The molecular weight excluding hydrogens is 231 g/mol. The summed E-state index contributed by atoms with van der Waals surface area (Å²) >= 11 is 0. The maximum absolute atomic E-state index is 12.9. The molecule has 0 aromatic heterocycles. The molecule has 3 nitrogen and oxygen atoms in total. The van der Waals surface area contributed by atoms with Crippen molar-refractivity contribution in [3.05, 3.63) is 11.6 Å². The molecule has 0 heterocycles. The Morgan fingerprint density at radius 2 is 1.71 bits per heavy atom. The highest BCUT2D eigenvalue weighted by Gasteiger charge is 2.43. The molecule has 5 N–H and O–H groups in total. The molecule has 0 saturated carbocycles. The number of alkyl halides is 3. The van der Waals surface area contributed by atoms with Crippen LogP contribution in [0, 0.1) is 0 Å². The lowest BCUT2D eigenvalue weighted by atomic mass is 9.91. The fourth-order valence-corrected chi connectivity index (χ4v) is 1.73. The van der Waals surface area contributed by atoms with E-state index < -0.39 is 17.3 Å². The van der Waals surface area contributed by atoms with Gasteiger partial charge in [-0.15, -0.1) is 0 Å². The highest BCUT2D eigenvalue weighted by atomic mass is 19.4. The fraction of sp³-hybridized carbons (Fsp3) is 0.818. The monoisotopic (exact) mass is 253 g/mol. The molecule has 0 amide bonds. The topological polar surface area (TPSA) is 64.1 Å². The molecule has 0 unspecified atom stereocenters. The summed E-state index contributed by atoms with van der Waals surface area (Å²) in [6, 6.07) is -0.326. The smallest absolute Gasteiger partial charge is 0.329 e. The first-order chi connectivity index (χ1) is 7.69. The summed E-state index contributed by atoms with van der Waals surface area (Å²) in [5.74, 6) is 0. The number of hydrogen-bond acceptors (Lipinski definition) is 3. The second kappa shape index (κ2) is 6.37. The van der Waals surface area contributed by atoms with Crippen LogP contribution in [0.1, 0.15) is 27.2 Å². The molecule has 0 saturated heterocycles. The molecule has 0 aromatic carbocycles. The van der Waals surface area contributed by atoms with Crippen LogP contribution in [0.3, 0.4) is 0 Å². The number of nitrogens with one attached hydrogen (secondary N) is 1. The van der Waals surface area contributed by atoms with E-state index in [9.17, 15) is 13.2 Å². The Balaban J connectivity index is 5.04. The van der Waals surface area contributed by atoms with E-state index in [1.54, 1.807) is 6.92 Å². The molecule has 0 radical (unpaired) electrons. The minimum absolute atomic E-state index is 0.206. The predicted molar refractivity (Wildman–Crippen MR) is 63.5 cm³/mol. The van der Waals surface area contributed by atoms with E-state index >= 15 is 0 Å². The quantitative estimate of drug-likeness (QED) is 0.629. The van der Waals surface area contributed by atoms with Crippen molar-refractivity contribution in [3.8, 4) is 0 Å². The Bertz CT molecular complexity index is 255. The van der Waals surface area contributed by atoms with Crippen LogP contribution in [0.5, 0.6) is 0 Å². The van der Waals surface area contributed by atoms with E-state index in [1.807, 2.05) is 0 Å². The molecule has 0 aliphatic carbocycles. The number of halogens is 3. The first-order valence-corrected chi connectivity index (χ1v) is 5.64. The van der Waals surface area contributed by atoms with Gasteiger partial charge in [-0.2, -0.15) is 13.2 Å². The van der Waals surface area contributed by atoms with E-state index in [2.05, 4.69) is 5.32 Å². The lowest BCUT2D eigenvalue weighted by Crippen LogP contribution is -2.55. The lowest BCUT2D eigenvalue weighted by Gasteiger charge is -2.34. The predicted octanol–water partition coefficient (Wildman–Crippen LogP) is 1.54. The van der Waals surface area contributed by atoms with Crippen molar-refractivity contribution in [1.82, 2.24) is 5.32 Å². The van der Waals surface area contributed by atoms with Crippen LogP contribution in [0.25, 0.3) is 0 Å². The third-order valence-electron chi connectivity index (χ3n) is 2.52. The molecule has 6 heteroatoms. The Kier molecular flexibility index (Phi) is 6.15. The molecule has 0 aliphatic heterocycles. The Morgan fingerprint density at radius 1 is 1.24 bits per heavy atom. The number of hydrogen-bond donors (Lipinski definition) is 3. The zero-order chi connectivity index (χ0) is 13.7. The van der Waals surface area contributed by atoms with Crippen molar-refractivity contribution in [2.75, 3.05) is 13.1 Å². The standard InChI is InChI=1S/C11H22F3N3/c1-4-5-9(11(12,13)14)10(2,3)17-8(6-15)7-16/h5,8,17H,4,6-7,15-16H2,1-3H3/b9-5+. The lowest BCUT2D eigenvalue weighted by molar-refractivity contribution is -0.102. The Labute approximate surface area is 100 Å². The van der Waals surface area contributed by atoms with Gasteiger partial charge in [-0.05, 0) is 20.3 Å². The molecule has 0 atom stereocenters. The summed E-state index contributed by atoms with van der Waals surface area (Å²) < 4.78 is 38.7. The second-order valence-corrected chi connectivity index (χ2v) is 4.46. The van der Waals surface area contributed by atoms with Crippen molar-refractivity contribution in [1.29, 1.82) is 0 Å². The number of allylic oxidation sites excluding steroid dienone is 1. The molecule has 0 fully saturated rings. The molecule has 102 valence electrons. The molecule has 0 aromatic rings. The van der Waals surface area contributed by atoms with Gasteiger partial charge in [-0.3, -0.25) is 0 Å². The van der Waals surface area contributed by atoms with Crippen molar-refractivity contribution in [3.63, 3.8) is 0 Å². The van der Waals surface area contributed by atoms with Gasteiger partial charge in [0.1, 0.15) is 0 Å². The average Bonchev–Trinajstić information content (AvgIpc) is 2.20. The summed E-state index contributed by atoms with van der Waals surface area (Å²) in [6.07, 6.45) is -2.83. The van der Waals surface area contributed by atoms with Gasteiger partial charge < -0.3 is 16.8 Å². The second-order valence-electron chi connectivity index (χ2n) is 4.46. The minimum atomic E-state index is -4.35. The van der Waals surface area contributed by atoms with Gasteiger partial charge in [0.15, 0.2) is 0 Å². The molecule has 0 spiro atoms. The summed E-state index contributed by atoms with van der Waals surface area (Å²) in [4.78, 5) is 0. The van der Waals surface area contributed by atoms with E-state index in [4.69, 9.17) is 11.5 Å². The number of nitrogens with two attached hydrogens (primary N) is 2. The Hall–Kier alpha value is -0.590. The van der Waals surface area contributed by atoms with E-state index in [-0.39, 0.29) is 19.1 Å². The normalized spacial score (nSPS) is 14.5. The summed E-state index contributed by atoms with van der Waals surface area (Å²) in [5.41, 5.74) is 9.08. The van der Waals surface area contributed by atoms with E-state index in [1.165, 1.54) is 19.9 Å². The summed E-state index contributed by atoms with van der Waals surface area (Å²) in [7, 11) is 0.